The van der Waals surface area contributed by atoms with E-state index in [4.69, 9.17) is 10.5 Å². The fourth-order valence-corrected chi connectivity index (χ4v) is 2.51. The normalized spacial score (nSPS) is 25.8. The Hall–Kier alpha value is -1.06. The van der Waals surface area contributed by atoms with Crippen LogP contribution in [0.25, 0.3) is 0 Å². The van der Waals surface area contributed by atoms with Crippen molar-refractivity contribution < 1.29 is 9.84 Å². The SMILES string of the molecule is Cc1ccc(OC2CCCCC2O)c(C(C)N)c1. The Morgan fingerprint density at radius 2 is 2.06 bits per heavy atom. The molecule has 3 heteroatoms. The number of ether oxygens (including phenoxy) is 1. The number of nitrogens with two attached hydrogens (primary N) is 1. The van der Waals surface area contributed by atoms with Crippen LogP contribution in [0.4, 0.5) is 0 Å². The van der Waals surface area contributed by atoms with Crippen LogP contribution >= 0.6 is 0 Å². The highest BCUT2D eigenvalue weighted by Gasteiger charge is 2.25. The summed E-state index contributed by atoms with van der Waals surface area (Å²) in [6.45, 7) is 4.00. The topological polar surface area (TPSA) is 55.5 Å². The van der Waals surface area contributed by atoms with Crippen LogP contribution in [0.3, 0.4) is 0 Å². The lowest BCUT2D eigenvalue weighted by Crippen LogP contribution is -2.35. The molecule has 1 aromatic carbocycles. The molecule has 1 fully saturated rings. The minimum absolute atomic E-state index is 0.0550. The zero-order valence-corrected chi connectivity index (χ0v) is 11.2. The highest BCUT2D eigenvalue weighted by Crippen LogP contribution is 2.29. The van der Waals surface area contributed by atoms with E-state index in [9.17, 15) is 5.11 Å². The third-order valence-corrected chi connectivity index (χ3v) is 3.60. The number of aryl methyl sites for hydroxylation is 1. The largest absolute Gasteiger partial charge is 0.487 e. The monoisotopic (exact) mass is 249 g/mol. The van der Waals surface area contributed by atoms with Gasteiger partial charge >= 0.3 is 0 Å². The molecule has 0 saturated heterocycles. The van der Waals surface area contributed by atoms with Gasteiger partial charge in [0.15, 0.2) is 0 Å². The summed E-state index contributed by atoms with van der Waals surface area (Å²) in [4.78, 5) is 0. The van der Waals surface area contributed by atoms with Gasteiger partial charge in [-0.2, -0.15) is 0 Å². The lowest BCUT2D eigenvalue weighted by Gasteiger charge is -2.29. The lowest BCUT2D eigenvalue weighted by molar-refractivity contribution is 0.00626. The number of hydrogen-bond acceptors (Lipinski definition) is 3. The molecule has 0 radical (unpaired) electrons. The van der Waals surface area contributed by atoms with Crippen LogP contribution in [0.5, 0.6) is 5.75 Å². The van der Waals surface area contributed by atoms with E-state index < -0.39 is 0 Å². The number of benzene rings is 1. The molecule has 1 aliphatic rings. The van der Waals surface area contributed by atoms with E-state index in [0.717, 1.165) is 37.0 Å². The van der Waals surface area contributed by atoms with Gasteiger partial charge in [-0.1, -0.05) is 24.1 Å². The summed E-state index contributed by atoms with van der Waals surface area (Å²) in [7, 11) is 0. The molecule has 0 aromatic heterocycles. The van der Waals surface area contributed by atoms with Gasteiger partial charge in [0, 0.05) is 11.6 Å². The molecule has 3 unspecified atom stereocenters. The van der Waals surface area contributed by atoms with Crippen molar-refractivity contribution in [1.29, 1.82) is 0 Å². The van der Waals surface area contributed by atoms with Crippen molar-refractivity contribution in [3.05, 3.63) is 29.3 Å². The Balaban J connectivity index is 2.17. The van der Waals surface area contributed by atoms with E-state index >= 15 is 0 Å². The van der Waals surface area contributed by atoms with Crippen LogP contribution in [0, 0.1) is 6.92 Å². The van der Waals surface area contributed by atoms with Crippen molar-refractivity contribution >= 4 is 0 Å². The quantitative estimate of drug-likeness (QED) is 0.866. The molecule has 1 saturated carbocycles. The minimum atomic E-state index is -0.346. The van der Waals surface area contributed by atoms with Crippen molar-refractivity contribution in [3.8, 4) is 5.75 Å². The molecule has 0 heterocycles. The maximum absolute atomic E-state index is 9.96. The molecule has 0 spiro atoms. The van der Waals surface area contributed by atoms with E-state index in [1.54, 1.807) is 0 Å². The van der Waals surface area contributed by atoms with Crippen molar-refractivity contribution in [3.63, 3.8) is 0 Å². The third-order valence-electron chi connectivity index (χ3n) is 3.60. The van der Waals surface area contributed by atoms with Crippen molar-refractivity contribution in [1.82, 2.24) is 0 Å². The molecule has 3 atom stereocenters. The number of rotatable bonds is 3. The maximum Gasteiger partial charge on any atom is 0.124 e. The molecular formula is C15H23NO2. The highest BCUT2D eigenvalue weighted by molar-refractivity contribution is 5.39. The Bertz CT molecular complexity index is 403. The van der Waals surface area contributed by atoms with Gasteiger partial charge in [-0.3, -0.25) is 0 Å². The summed E-state index contributed by atoms with van der Waals surface area (Å²) in [5, 5.41) is 9.96. The molecule has 1 aromatic rings. The van der Waals surface area contributed by atoms with Gasteiger partial charge in [-0.15, -0.1) is 0 Å². The average molecular weight is 249 g/mol. The fourth-order valence-electron chi connectivity index (χ4n) is 2.51. The number of hydrogen-bond donors (Lipinski definition) is 2. The molecule has 100 valence electrons. The molecule has 3 nitrogen and oxygen atoms in total. The van der Waals surface area contributed by atoms with E-state index in [2.05, 4.69) is 6.07 Å². The lowest BCUT2D eigenvalue weighted by atomic mass is 9.94. The van der Waals surface area contributed by atoms with Crippen molar-refractivity contribution in [2.45, 2.75) is 57.8 Å². The predicted molar refractivity (Wildman–Crippen MR) is 72.7 cm³/mol. The Morgan fingerprint density at radius 1 is 1.33 bits per heavy atom. The minimum Gasteiger partial charge on any atom is -0.487 e. The number of aliphatic hydroxyl groups excluding tert-OH is 1. The van der Waals surface area contributed by atoms with Gasteiger partial charge in [0.05, 0.1) is 6.10 Å². The molecular weight excluding hydrogens is 226 g/mol. The zero-order valence-electron chi connectivity index (χ0n) is 11.2. The van der Waals surface area contributed by atoms with Gasteiger partial charge < -0.3 is 15.6 Å². The zero-order chi connectivity index (χ0) is 13.1. The molecule has 0 bridgehead atoms. The maximum atomic E-state index is 9.96. The van der Waals surface area contributed by atoms with Crippen LogP contribution in [-0.2, 0) is 0 Å². The predicted octanol–water partition coefficient (Wildman–Crippen LogP) is 2.70. The first-order valence-electron chi connectivity index (χ1n) is 6.79. The van der Waals surface area contributed by atoms with Crippen LogP contribution < -0.4 is 10.5 Å². The second kappa shape index (κ2) is 5.72. The van der Waals surface area contributed by atoms with Gasteiger partial charge in [0.1, 0.15) is 11.9 Å². The van der Waals surface area contributed by atoms with Gasteiger partial charge in [-0.05, 0) is 39.2 Å². The van der Waals surface area contributed by atoms with E-state index in [1.807, 2.05) is 26.0 Å². The standard InChI is InChI=1S/C15H23NO2/c1-10-7-8-14(12(9-10)11(2)16)18-15-6-4-3-5-13(15)17/h7-9,11,13,15,17H,3-6,16H2,1-2H3. The third kappa shape index (κ3) is 3.03. The molecule has 0 aliphatic heterocycles. The summed E-state index contributed by atoms with van der Waals surface area (Å²) in [5.41, 5.74) is 8.18. The van der Waals surface area contributed by atoms with Gasteiger partial charge in [0.2, 0.25) is 0 Å². The van der Waals surface area contributed by atoms with Crippen LogP contribution in [0.2, 0.25) is 0 Å². The summed E-state index contributed by atoms with van der Waals surface area (Å²) in [6, 6.07) is 6.00. The molecule has 2 rings (SSSR count). The number of aliphatic hydroxyl groups is 1. The second-order valence-electron chi connectivity index (χ2n) is 5.34. The van der Waals surface area contributed by atoms with Crippen LogP contribution in [0.15, 0.2) is 18.2 Å². The van der Waals surface area contributed by atoms with Crippen molar-refractivity contribution in [2.24, 2.45) is 5.73 Å². The highest BCUT2D eigenvalue weighted by atomic mass is 16.5. The van der Waals surface area contributed by atoms with Crippen LogP contribution in [-0.4, -0.2) is 17.3 Å². The molecule has 1 aliphatic carbocycles. The van der Waals surface area contributed by atoms with E-state index in [1.165, 1.54) is 5.56 Å². The first-order chi connectivity index (χ1) is 8.58. The van der Waals surface area contributed by atoms with Gasteiger partial charge in [0.25, 0.3) is 0 Å². The average Bonchev–Trinajstić information content (AvgIpc) is 2.34. The van der Waals surface area contributed by atoms with Crippen molar-refractivity contribution in [2.75, 3.05) is 0 Å². The summed E-state index contributed by atoms with van der Waals surface area (Å²) < 4.78 is 5.98. The Labute approximate surface area is 109 Å². The summed E-state index contributed by atoms with van der Waals surface area (Å²) in [5.74, 6) is 0.821. The van der Waals surface area contributed by atoms with Gasteiger partial charge in [-0.25, -0.2) is 0 Å². The first-order valence-corrected chi connectivity index (χ1v) is 6.79. The Morgan fingerprint density at radius 3 is 2.72 bits per heavy atom. The van der Waals surface area contributed by atoms with E-state index in [-0.39, 0.29) is 18.2 Å². The fraction of sp³-hybridized carbons (Fsp3) is 0.600. The Kier molecular flexibility index (Phi) is 4.25. The molecule has 0 amide bonds. The summed E-state index contributed by atoms with van der Waals surface area (Å²) in [6.07, 6.45) is 3.55. The first kappa shape index (κ1) is 13.4. The second-order valence-corrected chi connectivity index (χ2v) is 5.34. The molecule has 18 heavy (non-hydrogen) atoms. The van der Waals surface area contributed by atoms with Crippen LogP contribution in [0.1, 0.15) is 49.8 Å². The van der Waals surface area contributed by atoms with E-state index in [0.29, 0.717) is 0 Å². The summed E-state index contributed by atoms with van der Waals surface area (Å²) >= 11 is 0. The smallest absolute Gasteiger partial charge is 0.124 e. The molecule has 3 N–H and O–H groups in total.